The van der Waals surface area contributed by atoms with Crippen LogP contribution >= 0.6 is 11.3 Å². The van der Waals surface area contributed by atoms with Gasteiger partial charge in [0.25, 0.3) is 5.91 Å². The van der Waals surface area contributed by atoms with E-state index in [2.05, 4.69) is 0 Å². The van der Waals surface area contributed by atoms with Gasteiger partial charge in [-0.3, -0.25) is 9.59 Å². The van der Waals surface area contributed by atoms with E-state index in [1.807, 2.05) is 41.1 Å². The molecule has 1 aromatic heterocycles. The topological polar surface area (TPSA) is 59.1 Å². The third-order valence-electron chi connectivity index (χ3n) is 4.65. The van der Waals surface area contributed by atoms with Gasteiger partial charge in [-0.05, 0) is 40.6 Å². The zero-order chi connectivity index (χ0) is 18.6. The summed E-state index contributed by atoms with van der Waals surface area (Å²) >= 11 is 1.60. The second-order valence-electron chi connectivity index (χ2n) is 6.40. The largest absolute Gasteiger partial charge is 0.485 e. The van der Waals surface area contributed by atoms with Crippen LogP contribution in [0.4, 0.5) is 0 Å². The number of hydrogen-bond acceptors (Lipinski definition) is 5. The molecule has 2 aliphatic rings. The number of rotatable bonds is 3. The first kappa shape index (κ1) is 17.6. The fraction of sp³-hybridized carbons (Fsp3) is 0.300. The van der Waals surface area contributed by atoms with Gasteiger partial charge in [0.1, 0.15) is 6.61 Å². The van der Waals surface area contributed by atoms with Gasteiger partial charge in [-0.25, -0.2) is 0 Å². The molecule has 1 aromatic carbocycles. The summed E-state index contributed by atoms with van der Waals surface area (Å²) in [6.07, 6.45) is 2.77. The van der Waals surface area contributed by atoms with Crippen LogP contribution in [0.2, 0.25) is 0 Å². The lowest BCUT2D eigenvalue weighted by Gasteiger charge is -2.36. The van der Waals surface area contributed by atoms with Crippen molar-refractivity contribution >= 4 is 29.2 Å². The van der Waals surface area contributed by atoms with Gasteiger partial charge in [-0.2, -0.15) is 11.3 Å². The lowest BCUT2D eigenvalue weighted by molar-refractivity contribution is -0.145. The third-order valence-corrected chi connectivity index (χ3v) is 5.35. The number of amides is 2. The molecule has 0 saturated carbocycles. The van der Waals surface area contributed by atoms with E-state index in [9.17, 15) is 9.59 Å². The molecule has 1 saturated heterocycles. The molecular formula is C20H20N2O4S. The van der Waals surface area contributed by atoms with Gasteiger partial charge in [0.05, 0.1) is 0 Å². The Balaban J connectivity index is 1.30. The maximum atomic E-state index is 12.7. The Hall–Kier alpha value is -2.80. The van der Waals surface area contributed by atoms with E-state index < -0.39 is 6.10 Å². The van der Waals surface area contributed by atoms with Gasteiger partial charge in [0, 0.05) is 32.3 Å². The monoisotopic (exact) mass is 384 g/mol. The average Bonchev–Trinajstić information content (AvgIpc) is 3.25. The fourth-order valence-electron chi connectivity index (χ4n) is 3.13. The number of carbonyl (C=O) groups is 2. The highest BCUT2D eigenvalue weighted by Gasteiger charge is 2.33. The minimum atomic E-state index is -0.638. The summed E-state index contributed by atoms with van der Waals surface area (Å²) in [4.78, 5) is 28.5. The van der Waals surface area contributed by atoms with Crippen LogP contribution in [0, 0.1) is 0 Å². The highest BCUT2D eigenvalue weighted by Crippen LogP contribution is 2.31. The lowest BCUT2D eigenvalue weighted by Crippen LogP contribution is -2.54. The van der Waals surface area contributed by atoms with E-state index in [0.717, 1.165) is 5.56 Å². The number of para-hydroxylation sites is 2. The molecule has 0 radical (unpaired) electrons. The van der Waals surface area contributed by atoms with Crippen molar-refractivity contribution in [2.75, 3.05) is 32.8 Å². The summed E-state index contributed by atoms with van der Waals surface area (Å²) < 4.78 is 11.4. The molecule has 1 atom stereocenters. The molecule has 0 spiro atoms. The molecule has 2 amide bonds. The van der Waals surface area contributed by atoms with Crippen LogP contribution in [-0.2, 0) is 9.59 Å². The number of fused-ring (bicyclic) bond motifs is 1. The Labute approximate surface area is 161 Å². The maximum Gasteiger partial charge on any atom is 0.267 e. The molecule has 2 aromatic rings. The van der Waals surface area contributed by atoms with Crippen molar-refractivity contribution in [3.8, 4) is 11.5 Å². The first-order chi connectivity index (χ1) is 13.2. The zero-order valence-electron chi connectivity index (χ0n) is 14.7. The Bertz CT molecular complexity index is 841. The quantitative estimate of drug-likeness (QED) is 0.762. The van der Waals surface area contributed by atoms with Crippen molar-refractivity contribution < 1.29 is 19.1 Å². The second kappa shape index (κ2) is 7.84. The first-order valence-electron chi connectivity index (χ1n) is 8.87. The SMILES string of the molecule is O=C(C=Cc1ccsc1)N1CCN(C(=O)C2COc3ccccc3O2)CC1. The maximum absolute atomic E-state index is 12.7. The molecule has 7 heteroatoms. The van der Waals surface area contributed by atoms with Crippen LogP contribution in [0.3, 0.4) is 0 Å². The standard InChI is InChI=1S/C20H20N2O4S/c23-19(6-5-15-7-12-27-14-15)21-8-10-22(11-9-21)20(24)18-13-25-16-3-1-2-4-17(16)26-18/h1-7,12,14,18H,8-11,13H2. The van der Waals surface area contributed by atoms with Crippen molar-refractivity contribution in [1.29, 1.82) is 0 Å². The van der Waals surface area contributed by atoms with Crippen molar-refractivity contribution in [1.82, 2.24) is 9.80 Å². The summed E-state index contributed by atoms with van der Waals surface area (Å²) in [5.74, 6) is 1.13. The smallest absolute Gasteiger partial charge is 0.267 e. The van der Waals surface area contributed by atoms with Crippen LogP contribution in [0.25, 0.3) is 6.08 Å². The van der Waals surface area contributed by atoms with Gasteiger partial charge in [0.15, 0.2) is 11.5 Å². The molecule has 3 heterocycles. The van der Waals surface area contributed by atoms with Crippen LogP contribution in [0.1, 0.15) is 5.56 Å². The molecule has 6 nitrogen and oxygen atoms in total. The van der Waals surface area contributed by atoms with Gasteiger partial charge >= 0.3 is 0 Å². The first-order valence-corrected chi connectivity index (χ1v) is 9.81. The van der Waals surface area contributed by atoms with Crippen LogP contribution in [-0.4, -0.2) is 60.5 Å². The Morgan fingerprint density at radius 3 is 2.52 bits per heavy atom. The van der Waals surface area contributed by atoms with Crippen LogP contribution in [0.5, 0.6) is 11.5 Å². The van der Waals surface area contributed by atoms with Crippen LogP contribution < -0.4 is 9.47 Å². The Kier molecular flexibility index (Phi) is 5.11. The minimum Gasteiger partial charge on any atom is -0.485 e. The number of benzene rings is 1. The third kappa shape index (κ3) is 3.98. The van der Waals surface area contributed by atoms with Crippen molar-refractivity contribution in [3.05, 3.63) is 52.7 Å². The summed E-state index contributed by atoms with van der Waals surface area (Å²) in [5.41, 5.74) is 1.02. The number of ether oxygens (including phenoxy) is 2. The number of thiophene rings is 1. The van der Waals surface area contributed by atoms with Crippen LogP contribution in [0.15, 0.2) is 47.2 Å². The summed E-state index contributed by atoms with van der Waals surface area (Å²) in [5, 5.41) is 3.97. The summed E-state index contributed by atoms with van der Waals surface area (Å²) in [6.45, 7) is 2.24. The van der Waals surface area contributed by atoms with Gasteiger partial charge in [-0.1, -0.05) is 12.1 Å². The predicted molar refractivity (Wildman–Crippen MR) is 103 cm³/mol. The van der Waals surface area contributed by atoms with Gasteiger partial charge in [0.2, 0.25) is 12.0 Å². The molecular weight excluding hydrogens is 364 g/mol. The van der Waals surface area contributed by atoms with Crippen molar-refractivity contribution in [2.45, 2.75) is 6.10 Å². The average molecular weight is 384 g/mol. The van der Waals surface area contributed by atoms with E-state index in [1.54, 1.807) is 33.3 Å². The van der Waals surface area contributed by atoms with E-state index >= 15 is 0 Å². The van der Waals surface area contributed by atoms with E-state index in [4.69, 9.17) is 9.47 Å². The summed E-state index contributed by atoms with van der Waals surface area (Å²) in [6, 6.07) is 9.31. The van der Waals surface area contributed by atoms with Gasteiger partial charge < -0.3 is 19.3 Å². The number of piperazine rings is 1. The molecule has 140 valence electrons. The molecule has 0 bridgehead atoms. The van der Waals surface area contributed by atoms with Gasteiger partial charge in [-0.15, -0.1) is 0 Å². The van der Waals surface area contributed by atoms with E-state index in [1.165, 1.54) is 0 Å². The molecule has 1 fully saturated rings. The van der Waals surface area contributed by atoms with Crippen molar-refractivity contribution in [2.24, 2.45) is 0 Å². The molecule has 2 aliphatic heterocycles. The second-order valence-corrected chi connectivity index (χ2v) is 7.18. The predicted octanol–water partition coefficient (Wildman–Crippen LogP) is 2.27. The van der Waals surface area contributed by atoms with E-state index in [0.29, 0.717) is 37.7 Å². The van der Waals surface area contributed by atoms with Crippen molar-refractivity contribution in [3.63, 3.8) is 0 Å². The molecule has 0 aliphatic carbocycles. The molecule has 4 rings (SSSR count). The lowest BCUT2D eigenvalue weighted by atomic mass is 10.2. The van der Waals surface area contributed by atoms with E-state index in [-0.39, 0.29) is 18.4 Å². The number of nitrogens with zero attached hydrogens (tertiary/aromatic N) is 2. The Morgan fingerprint density at radius 1 is 1.04 bits per heavy atom. The number of hydrogen-bond donors (Lipinski definition) is 0. The minimum absolute atomic E-state index is 0.0283. The zero-order valence-corrected chi connectivity index (χ0v) is 15.6. The highest BCUT2D eigenvalue weighted by molar-refractivity contribution is 7.08. The highest BCUT2D eigenvalue weighted by atomic mass is 32.1. The number of carbonyl (C=O) groups excluding carboxylic acids is 2. The Morgan fingerprint density at radius 2 is 1.78 bits per heavy atom. The normalized spacial score (nSPS) is 19.3. The molecule has 0 N–H and O–H groups in total. The fourth-order valence-corrected chi connectivity index (χ4v) is 3.76. The molecule has 1 unspecified atom stereocenters. The summed E-state index contributed by atoms with van der Waals surface area (Å²) in [7, 11) is 0. The molecule has 27 heavy (non-hydrogen) atoms.